The number of ether oxygens (including phenoxy) is 2. The van der Waals surface area contributed by atoms with E-state index in [0.717, 1.165) is 0 Å². The first kappa shape index (κ1) is 16.7. The zero-order chi connectivity index (χ0) is 15.8. The Bertz CT molecular complexity index is 507. The molecule has 114 valence electrons. The molecule has 1 amide bonds. The molecule has 0 saturated heterocycles. The third-order valence-electron chi connectivity index (χ3n) is 2.58. The van der Waals surface area contributed by atoms with Gasteiger partial charge >= 0.3 is 11.9 Å². The van der Waals surface area contributed by atoms with Crippen molar-refractivity contribution in [3.63, 3.8) is 0 Å². The van der Waals surface area contributed by atoms with Crippen molar-refractivity contribution in [1.29, 1.82) is 0 Å². The van der Waals surface area contributed by atoms with Gasteiger partial charge in [-0.05, 0) is 30.2 Å². The molecule has 0 fully saturated rings. The van der Waals surface area contributed by atoms with Gasteiger partial charge in [0.15, 0.2) is 6.61 Å². The van der Waals surface area contributed by atoms with Gasteiger partial charge < -0.3 is 14.8 Å². The SMILES string of the molecule is COC(=O)c1ccc(C(=O)OCC(=O)NCC(C)C)cc1. The number of hydrogen-bond donors (Lipinski definition) is 1. The molecule has 0 radical (unpaired) electrons. The van der Waals surface area contributed by atoms with Crippen LogP contribution in [0.3, 0.4) is 0 Å². The topological polar surface area (TPSA) is 81.7 Å². The highest BCUT2D eigenvalue weighted by Gasteiger charge is 2.12. The summed E-state index contributed by atoms with van der Waals surface area (Å²) in [7, 11) is 1.28. The summed E-state index contributed by atoms with van der Waals surface area (Å²) >= 11 is 0. The van der Waals surface area contributed by atoms with Gasteiger partial charge in [0.1, 0.15) is 0 Å². The number of methoxy groups -OCH3 is 1. The molecule has 0 aliphatic rings. The van der Waals surface area contributed by atoms with Crippen molar-refractivity contribution in [3.8, 4) is 0 Å². The van der Waals surface area contributed by atoms with E-state index in [4.69, 9.17) is 4.74 Å². The van der Waals surface area contributed by atoms with Crippen LogP contribution >= 0.6 is 0 Å². The van der Waals surface area contributed by atoms with Gasteiger partial charge in [0.25, 0.3) is 5.91 Å². The van der Waals surface area contributed by atoms with E-state index in [1.807, 2.05) is 13.8 Å². The fraction of sp³-hybridized carbons (Fsp3) is 0.400. The molecule has 0 bridgehead atoms. The summed E-state index contributed by atoms with van der Waals surface area (Å²) in [5.41, 5.74) is 0.600. The number of amides is 1. The third-order valence-corrected chi connectivity index (χ3v) is 2.58. The van der Waals surface area contributed by atoms with Crippen LogP contribution < -0.4 is 5.32 Å². The minimum absolute atomic E-state index is 0.263. The molecule has 21 heavy (non-hydrogen) atoms. The van der Waals surface area contributed by atoms with Crippen molar-refractivity contribution in [3.05, 3.63) is 35.4 Å². The summed E-state index contributed by atoms with van der Waals surface area (Å²) in [6, 6.07) is 5.81. The Kier molecular flexibility index (Phi) is 6.39. The summed E-state index contributed by atoms with van der Waals surface area (Å²) in [6.07, 6.45) is 0. The van der Waals surface area contributed by atoms with Gasteiger partial charge in [-0.2, -0.15) is 0 Å². The molecule has 6 heteroatoms. The van der Waals surface area contributed by atoms with E-state index in [9.17, 15) is 14.4 Å². The van der Waals surface area contributed by atoms with Gasteiger partial charge in [-0.3, -0.25) is 4.79 Å². The van der Waals surface area contributed by atoms with Crippen LogP contribution in [0.5, 0.6) is 0 Å². The fourth-order valence-electron chi connectivity index (χ4n) is 1.44. The number of carbonyl (C=O) groups excluding carboxylic acids is 3. The molecule has 1 N–H and O–H groups in total. The van der Waals surface area contributed by atoms with Crippen molar-refractivity contribution < 1.29 is 23.9 Å². The third kappa shape index (κ3) is 5.64. The maximum absolute atomic E-state index is 11.7. The Morgan fingerprint density at radius 1 is 1.05 bits per heavy atom. The molecule has 0 aliphatic carbocycles. The molecule has 0 aromatic heterocycles. The van der Waals surface area contributed by atoms with Gasteiger partial charge in [0.05, 0.1) is 18.2 Å². The molecule has 0 unspecified atom stereocenters. The summed E-state index contributed by atoms with van der Waals surface area (Å²) < 4.78 is 9.44. The van der Waals surface area contributed by atoms with E-state index in [-0.39, 0.29) is 18.1 Å². The second kappa shape index (κ2) is 8.04. The number of hydrogen-bond acceptors (Lipinski definition) is 5. The smallest absolute Gasteiger partial charge is 0.338 e. The zero-order valence-electron chi connectivity index (χ0n) is 12.3. The first-order valence-electron chi connectivity index (χ1n) is 6.56. The fourth-order valence-corrected chi connectivity index (χ4v) is 1.44. The van der Waals surface area contributed by atoms with Crippen molar-refractivity contribution in [1.82, 2.24) is 5.32 Å². The van der Waals surface area contributed by atoms with Crippen molar-refractivity contribution in [2.24, 2.45) is 5.92 Å². The monoisotopic (exact) mass is 293 g/mol. The number of benzene rings is 1. The van der Waals surface area contributed by atoms with Crippen LogP contribution in [-0.2, 0) is 14.3 Å². The molecule has 6 nitrogen and oxygen atoms in total. The summed E-state index contributed by atoms with van der Waals surface area (Å²) in [5, 5.41) is 2.64. The Hall–Kier alpha value is -2.37. The molecule has 0 aliphatic heterocycles. The van der Waals surface area contributed by atoms with Gasteiger partial charge in [0.2, 0.25) is 0 Å². The zero-order valence-corrected chi connectivity index (χ0v) is 12.3. The van der Waals surface area contributed by atoms with Crippen LogP contribution in [0.1, 0.15) is 34.6 Å². The maximum atomic E-state index is 11.7. The molecule has 0 saturated carbocycles. The second-order valence-electron chi connectivity index (χ2n) is 4.84. The van der Waals surface area contributed by atoms with Crippen LogP contribution in [-0.4, -0.2) is 38.1 Å². The van der Waals surface area contributed by atoms with Crippen LogP contribution in [0.2, 0.25) is 0 Å². The van der Waals surface area contributed by atoms with Gasteiger partial charge in [0, 0.05) is 6.54 Å². The van der Waals surface area contributed by atoms with E-state index < -0.39 is 11.9 Å². The van der Waals surface area contributed by atoms with Gasteiger partial charge in [-0.25, -0.2) is 9.59 Å². The second-order valence-corrected chi connectivity index (χ2v) is 4.84. The van der Waals surface area contributed by atoms with E-state index >= 15 is 0 Å². The summed E-state index contributed by atoms with van der Waals surface area (Å²) in [6.45, 7) is 4.14. The summed E-state index contributed by atoms with van der Waals surface area (Å²) in [4.78, 5) is 34.4. The predicted octanol–water partition coefficient (Wildman–Crippen LogP) is 1.40. The van der Waals surface area contributed by atoms with Crippen LogP contribution in [0, 0.1) is 5.92 Å². The Balaban J connectivity index is 2.48. The van der Waals surface area contributed by atoms with Gasteiger partial charge in [-0.15, -0.1) is 0 Å². The summed E-state index contributed by atoms with van der Waals surface area (Å²) in [5.74, 6) is -1.12. The average molecular weight is 293 g/mol. The maximum Gasteiger partial charge on any atom is 0.338 e. The lowest BCUT2D eigenvalue weighted by atomic mass is 10.1. The van der Waals surface area contributed by atoms with E-state index in [0.29, 0.717) is 18.0 Å². The quantitative estimate of drug-likeness (QED) is 0.802. The Morgan fingerprint density at radius 2 is 1.57 bits per heavy atom. The van der Waals surface area contributed by atoms with Crippen LogP contribution in [0.25, 0.3) is 0 Å². The molecule has 0 spiro atoms. The first-order valence-corrected chi connectivity index (χ1v) is 6.56. The standard InChI is InChI=1S/C15H19NO5/c1-10(2)8-16-13(17)9-21-15(19)12-6-4-11(5-7-12)14(18)20-3/h4-7,10H,8-9H2,1-3H3,(H,16,17). The highest BCUT2D eigenvalue weighted by atomic mass is 16.5. The molecule has 1 aromatic rings. The normalized spacial score (nSPS) is 10.1. The largest absolute Gasteiger partial charge is 0.465 e. The van der Waals surface area contributed by atoms with Crippen molar-refractivity contribution in [2.75, 3.05) is 20.3 Å². The Morgan fingerprint density at radius 3 is 2.05 bits per heavy atom. The van der Waals surface area contributed by atoms with Crippen molar-refractivity contribution >= 4 is 17.8 Å². The lowest BCUT2D eigenvalue weighted by Gasteiger charge is -2.08. The molecule has 1 aromatic carbocycles. The minimum Gasteiger partial charge on any atom is -0.465 e. The number of esters is 2. The van der Waals surface area contributed by atoms with E-state index in [2.05, 4.69) is 10.1 Å². The van der Waals surface area contributed by atoms with E-state index in [1.54, 1.807) is 0 Å². The number of carbonyl (C=O) groups is 3. The highest BCUT2D eigenvalue weighted by molar-refractivity contribution is 5.94. The number of nitrogens with one attached hydrogen (secondary N) is 1. The van der Waals surface area contributed by atoms with Crippen LogP contribution in [0.15, 0.2) is 24.3 Å². The number of rotatable bonds is 6. The first-order chi connectivity index (χ1) is 9.93. The van der Waals surface area contributed by atoms with Crippen LogP contribution in [0.4, 0.5) is 0 Å². The lowest BCUT2D eigenvalue weighted by Crippen LogP contribution is -2.31. The molecular weight excluding hydrogens is 274 g/mol. The highest BCUT2D eigenvalue weighted by Crippen LogP contribution is 2.07. The predicted molar refractivity (Wildman–Crippen MR) is 75.9 cm³/mol. The lowest BCUT2D eigenvalue weighted by molar-refractivity contribution is -0.124. The Labute approximate surface area is 123 Å². The molecule has 0 atom stereocenters. The van der Waals surface area contributed by atoms with Crippen molar-refractivity contribution in [2.45, 2.75) is 13.8 Å². The van der Waals surface area contributed by atoms with Gasteiger partial charge in [-0.1, -0.05) is 13.8 Å². The average Bonchev–Trinajstić information content (AvgIpc) is 2.49. The molecule has 1 rings (SSSR count). The molecule has 0 heterocycles. The minimum atomic E-state index is -0.619. The van der Waals surface area contributed by atoms with E-state index in [1.165, 1.54) is 31.4 Å². The molecular formula is C15H19NO5.